The van der Waals surface area contributed by atoms with Gasteiger partial charge in [-0.15, -0.1) is 0 Å². The largest absolute Gasteiger partial charge is 0.423 e. The first kappa shape index (κ1) is 16.9. The molecule has 0 aliphatic carbocycles. The van der Waals surface area contributed by atoms with E-state index in [1.807, 2.05) is 12.1 Å². The number of ether oxygens (including phenoxy) is 1. The van der Waals surface area contributed by atoms with E-state index >= 15 is 0 Å². The first-order chi connectivity index (χ1) is 12.6. The summed E-state index contributed by atoms with van der Waals surface area (Å²) in [5.41, 5.74) is 1.22. The lowest BCUT2D eigenvalue weighted by atomic mass is 10.2. The summed E-state index contributed by atoms with van der Waals surface area (Å²) >= 11 is 1.61. The van der Waals surface area contributed by atoms with Crippen molar-refractivity contribution >= 4 is 32.7 Å². The molecule has 1 aliphatic heterocycles. The Morgan fingerprint density at radius 1 is 1.19 bits per heavy atom. The number of aromatic nitrogens is 1. The highest BCUT2D eigenvalue weighted by Gasteiger charge is 2.20. The molecule has 2 heterocycles. The van der Waals surface area contributed by atoms with Crippen LogP contribution in [0.4, 0.5) is 9.52 Å². The topological polar surface area (TPSA) is 46.9 Å². The molecule has 26 heavy (non-hydrogen) atoms. The summed E-state index contributed by atoms with van der Waals surface area (Å²) < 4.78 is 19.4. The summed E-state index contributed by atoms with van der Waals surface area (Å²) in [7, 11) is 2.21. The zero-order valence-electron chi connectivity index (χ0n) is 14.4. The molecule has 1 aromatic heterocycles. The lowest BCUT2D eigenvalue weighted by molar-refractivity contribution is -0.880. The van der Waals surface area contributed by atoms with Gasteiger partial charge in [0.15, 0.2) is 5.13 Å². The molecule has 1 saturated heterocycles. The molecule has 0 saturated carbocycles. The lowest BCUT2D eigenvalue weighted by Gasteiger charge is -2.29. The average Bonchev–Trinajstić information content (AvgIpc) is 3.06. The van der Waals surface area contributed by atoms with Gasteiger partial charge < -0.3 is 14.5 Å². The third-order valence-electron chi connectivity index (χ3n) is 4.53. The van der Waals surface area contributed by atoms with Crippen LogP contribution in [0.5, 0.6) is 5.75 Å². The van der Waals surface area contributed by atoms with Crippen LogP contribution >= 0.6 is 11.3 Å². The standard InChI is InChI=1S/C19H18FN3O2S/c1-22-8-10-23(11-9-22)19-21-16-7-6-15(12-17(16)26-19)25-18(24)13-2-4-14(20)5-3-13/h2-7,12H,8-11H2,1H3/p+1. The predicted octanol–water partition coefficient (Wildman–Crippen LogP) is 1.99. The zero-order valence-corrected chi connectivity index (χ0v) is 15.2. The van der Waals surface area contributed by atoms with E-state index in [1.54, 1.807) is 17.4 Å². The van der Waals surface area contributed by atoms with Crippen LogP contribution in [0.25, 0.3) is 10.2 Å². The predicted molar refractivity (Wildman–Crippen MR) is 99.8 cm³/mol. The second-order valence-corrected chi connectivity index (χ2v) is 7.48. The Morgan fingerprint density at radius 3 is 2.65 bits per heavy atom. The molecule has 5 nitrogen and oxygen atoms in total. The number of carbonyl (C=O) groups is 1. The summed E-state index contributed by atoms with van der Waals surface area (Å²) in [6.45, 7) is 4.21. The van der Waals surface area contributed by atoms with Crippen LogP contribution in [0.2, 0.25) is 0 Å². The van der Waals surface area contributed by atoms with Gasteiger partial charge in [0.2, 0.25) is 0 Å². The number of carbonyl (C=O) groups excluding carboxylic acids is 1. The minimum atomic E-state index is -0.504. The second kappa shape index (κ2) is 7.01. The van der Waals surface area contributed by atoms with Gasteiger partial charge in [-0.1, -0.05) is 11.3 Å². The maximum atomic E-state index is 13.0. The zero-order chi connectivity index (χ0) is 18.1. The van der Waals surface area contributed by atoms with Crippen molar-refractivity contribution in [2.45, 2.75) is 0 Å². The van der Waals surface area contributed by atoms with Crippen LogP contribution < -0.4 is 14.5 Å². The van der Waals surface area contributed by atoms with Crippen LogP contribution in [0.3, 0.4) is 0 Å². The van der Waals surface area contributed by atoms with E-state index < -0.39 is 5.97 Å². The maximum absolute atomic E-state index is 13.0. The summed E-state index contributed by atoms with van der Waals surface area (Å²) in [6, 6.07) is 10.7. The van der Waals surface area contributed by atoms with Gasteiger partial charge in [0.1, 0.15) is 11.6 Å². The third-order valence-corrected chi connectivity index (χ3v) is 5.61. The van der Waals surface area contributed by atoms with E-state index in [4.69, 9.17) is 9.72 Å². The first-order valence-electron chi connectivity index (χ1n) is 8.53. The third kappa shape index (κ3) is 3.54. The molecule has 0 spiro atoms. The Labute approximate surface area is 154 Å². The molecule has 0 radical (unpaired) electrons. The molecule has 134 valence electrons. The molecular weight excluding hydrogens is 353 g/mol. The molecule has 0 atom stereocenters. The van der Waals surface area contributed by atoms with Crippen LogP contribution in [-0.4, -0.2) is 44.2 Å². The van der Waals surface area contributed by atoms with E-state index in [9.17, 15) is 9.18 Å². The number of piperazine rings is 1. The van der Waals surface area contributed by atoms with Crippen LogP contribution in [0.15, 0.2) is 42.5 Å². The summed E-state index contributed by atoms with van der Waals surface area (Å²) in [6.07, 6.45) is 0. The van der Waals surface area contributed by atoms with Gasteiger partial charge >= 0.3 is 5.97 Å². The minimum Gasteiger partial charge on any atom is -0.423 e. The maximum Gasteiger partial charge on any atom is 0.343 e. The van der Waals surface area contributed by atoms with Crippen molar-refractivity contribution < 1.29 is 18.8 Å². The average molecular weight is 372 g/mol. The fraction of sp³-hybridized carbons (Fsp3) is 0.263. The van der Waals surface area contributed by atoms with E-state index in [2.05, 4.69) is 11.9 Å². The van der Waals surface area contributed by atoms with Gasteiger partial charge in [-0.2, -0.15) is 0 Å². The molecule has 7 heteroatoms. The number of fused-ring (bicyclic) bond motifs is 1. The minimum absolute atomic E-state index is 0.316. The lowest BCUT2D eigenvalue weighted by Crippen LogP contribution is -3.12. The molecule has 1 aliphatic rings. The fourth-order valence-corrected chi connectivity index (χ4v) is 3.97. The fourth-order valence-electron chi connectivity index (χ4n) is 2.92. The molecule has 2 aromatic carbocycles. The number of nitrogens with one attached hydrogen (secondary N) is 1. The van der Waals surface area contributed by atoms with E-state index in [0.29, 0.717) is 11.3 Å². The Balaban J connectivity index is 1.52. The molecule has 4 rings (SSSR count). The summed E-state index contributed by atoms with van der Waals surface area (Å²) in [5, 5.41) is 1.01. The second-order valence-electron chi connectivity index (χ2n) is 6.47. The highest BCUT2D eigenvalue weighted by molar-refractivity contribution is 7.22. The molecule has 0 bridgehead atoms. The molecular formula is C19H19FN3O2S+. The van der Waals surface area contributed by atoms with Gasteiger partial charge in [0.25, 0.3) is 0 Å². The quantitative estimate of drug-likeness (QED) is 0.564. The number of thiazole rings is 1. The summed E-state index contributed by atoms with van der Waals surface area (Å²) in [4.78, 5) is 20.7. The Bertz CT molecular complexity index is 934. The number of rotatable bonds is 3. The van der Waals surface area contributed by atoms with E-state index in [0.717, 1.165) is 41.5 Å². The van der Waals surface area contributed by atoms with Gasteiger partial charge in [0.05, 0.1) is 49.0 Å². The van der Waals surface area contributed by atoms with Gasteiger partial charge in [-0.05, 0) is 36.4 Å². The van der Waals surface area contributed by atoms with Crippen LogP contribution in [0, 0.1) is 5.82 Å². The Hall–Kier alpha value is -2.51. The smallest absolute Gasteiger partial charge is 0.343 e. The number of anilines is 1. The Kier molecular flexibility index (Phi) is 4.57. The van der Waals surface area contributed by atoms with Crippen molar-refractivity contribution in [3.8, 4) is 5.75 Å². The SMILES string of the molecule is C[NH+]1CCN(c2nc3ccc(OC(=O)c4ccc(F)cc4)cc3s2)CC1. The van der Waals surface area contributed by atoms with Crippen LogP contribution in [0.1, 0.15) is 10.4 Å². The van der Waals surface area contributed by atoms with Crippen molar-refractivity contribution in [1.29, 1.82) is 0 Å². The number of esters is 1. The number of benzene rings is 2. The number of nitrogens with zero attached hydrogens (tertiary/aromatic N) is 2. The van der Waals surface area contributed by atoms with E-state index in [1.165, 1.54) is 29.2 Å². The van der Waals surface area contributed by atoms with Crippen molar-refractivity contribution in [2.24, 2.45) is 0 Å². The number of likely N-dealkylation sites (N-methyl/N-ethyl adjacent to an activating group) is 1. The van der Waals surface area contributed by atoms with Gasteiger partial charge in [-0.3, -0.25) is 0 Å². The van der Waals surface area contributed by atoms with Crippen LogP contribution in [-0.2, 0) is 0 Å². The molecule has 3 aromatic rings. The summed E-state index contributed by atoms with van der Waals surface area (Å²) in [5.74, 6) is -0.424. The van der Waals surface area contributed by atoms with Crippen molar-refractivity contribution in [3.05, 3.63) is 53.8 Å². The van der Waals surface area contributed by atoms with Crippen molar-refractivity contribution in [1.82, 2.24) is 4.98 Å². The van der Waals surface area contributed by atoms with Crippen molar-refractivity contribution in [3.63, 3.8) is 0 Å². The van der Waals surface area contributed by atoms with Gasteiger partial charge in [-0.25, -0.2) is 14.2 Å². The first-order valence-corrected chi connectivity index (χ1v) is 9.35. The molecule has 1 N–H and O–H groups in total. The highest BCUT2D eigenvalue weighted by atomic mass is 32.1. The molecule has 0 amide bonds. The number of hydrogen-bond acceptors (Lipinski definition) is 5. The molecule has 0 unspecified atom stereocenters. The Morgan fingerprint density at radius 2 is 1.92 bits per heavy atom. The normalized spacial score (nSPS) is 15.4. The molecule has 1 fully saturated rings. The van der Waals surface area contributed by atoms with Crippen molar-refractivity contribution in [2.75, 3.05) is 38.1 Å². The number of hydrogen-bond donors (Lipinski definition) is 1. The monoisotopic (exact) mass is 372 g/mol. The van der Waals surface area contributed by atoms with E-state index in [-0.39, 0.29) is 5.82 Å². The highest BCUT2D eigenvalue weighted by Crippen LogP contribution is 2.31. The number of halogens is 1. The van der Waals surface area contributed by atoms with Gasteiger partial charge in [0, 0.05) is 6.07 Å². The number of quaternary nitrogens is 1.